The zero-order valence-electron chi connectivity index (χ0n) is 15.1. The van der Waals surface area contributed by atoms with Crippen molar-refractivity contribution in [1.82, 2.24) is 0 Å². The molecule has 0 radical (unpaired) electrons. The number of ether oxygens (including phenoxy) is 2. The number of aryl methyl sites for hydroxylation is 2. The third-order valence-electron chi connectivity index (χ3n) is 6.20. The van der Waals surface area contributed by atoms with Gasteiger partial charge in [0.2, 0.25) is 0 Å². The number of nitrogens with one attached hydrogen (secondary N) is 1. The van der Waals surface area contributed by atoms with Crippen LogP contribution in [0, 0.1) is 5.41 Å². The fraction of sp³-hybridized carbons (Fsp3) is 0.650. The molecule has 0 aromatic heterocycles. The third-order valence-corrected chi connectivity index (χ3v) is 6.20. The monoisotopic (exact) mass is 343 g/mol. The molecule has 3 aliphatic rings. The van der Waals surface area contributed by atoms with Crippen LogP contribution in [0.25, 0.3) is 0 Å². The SMILES string of the molecule is CCOC1CC(N=C(N)Nc2ccc3c(c2)CCC3)C12CCOCC2. The van der Waals surface area contributed by atoms with Crippen molar-refractivity contribution in [2.45, 2.75) is 57.6 Å². The van der Waals surface area contributed by atoms with Gasteiger partial charge in [0, 0.05) is 30.9 Å². The first kappa shape index (κ1) is 16.9. The molecular formula is C20H29N3O2. The van der Waals surface area contributed by atoms with Crippen LogP contribution in [0.5, 0.6) is 0 Å². The van der Waals surface area contributed by atoms with Crippen LogP contribution in [0.3, 0.4) is 0 Å². The molecule has 2 unspecified atom stereocenters. The first-order valence-electron chi connectivity index (χ1n) is 9.63. The van der Waals surface area contributed by atoms with Gasteiger partial charge in [0.25, 0.3) is 0 Å². The average molecular weight is 343 g/mol. The lowest BCUT2D eigenvalue weighted by atomic mass is 9.58. The fourth-order valence-corrected chi connectivity index (χ4v) is 4.75. The molecule has 136 valence electrons. The van der Waals surface area contributed by atoms with E-state index in [2.05, 4.69) is 30.4 Å². The molecule has 2 fully saturated rings. The summed E-state index contributed by atoms with van der Waals surface area (Å²) in [6.45, 7) is 4.42. The number of benzene rings is 1. The van der Waals surface area contributed by atoms with Gasteiger partial charge in [-0.3, -0.25) is 0 Å². The molecule has 2 atom stereocenters. The van der Waals surface area contributed by atoms with E-state index in [0.29, 0.717) is 12.1 Å². The van der Waals surface area contributed by atoms with Gasteiger partial charge < -0.3 is 20.5 Å². The molecule has 2 aliphatic carbocycles. The molecular weight excluding hydrogens is 314 g/mol. The Morgan fingerprint density at radius 1 is 1.32 bits per heavy atom. The molecule has 1 saturated carbocycles. The predicted octanol–water partition coefficient (Wildman–Crippen LogP) is 2.88. The molecule has 0 amide bonds. The first-order chi connectivity index (χ1) is 12.2. The largest absolute Gasteiger partial charge is 0.381 e. The normalized spacial score (nSPS) is 27.8. The maximum atomic E-state index is 6.24. The summed E-state index contributed by atoms with van der Waals surface area (Å²) in [4.78, 5) is 4.83. The molecule has 1 saturated heterocycles. The van der Waals surface area contributed by atoms with Crippen molar-refractivity contribution in [2.24, 2.45) is 16.1 Å². The van der Waals surface area contributed by atoms with Gasteiger partial charge in [-0.1, -0.05) is 6.07 Å². The zero-order valence-corrected chi connectivity index (χ0v) is 15.1. The maximum Gasteiger partial charge on any atom is 0.193 e. The quantitative estimate of drug-likeness (QED) is 0.651. The van der Waals surface area contributed by atoms with E-state index in [4.69, 9.17) is 20.2 Å². The van der Waals surface area contributed by atoms with Crippen molar-refractivity contribution in [3.05, 3.63) is 29.3 Å². The van der Waals surface area contributed by atoms with E-state index < -0.39 is 0 Å². The van der Waals surface area contributed by atoms with E-state index in [1.54, 1.807) is 0 Å². The molecule has 5 nitrogen and oxygen atoms in total. The molecule has 1 aromatic rings. The molecule has 1 spiro atoms. The molecule has 0 bridgehead atoms. The number of anilines is 1. The fourth-order valence-electron chi connectivity index (χ4n) is 4.75. The topological polar surface area (TPSA) is 68.9 Å². The highest BCUT2D eigenvalue weighted by molar-refractivity contribution is 5.92. The summed E-state index contributed by atoms with van der Waals surface area (Å²) < 4.78 is 11.5. The van der Waals surface area contributed by atoms with E-state index in [1.807, 2.05) is 0 Å². The van der Waals surface area contributed by atoms with Crippen LogP contribution in [-0.2, 0) is 22.3 Å². The smallest absolute Gasteiger partial charge is 0.193 e. The Labute approximate surface area is 150 Å². The van der Waals surface area contributed by atoms with Crippen molar-refractivity contribution >= 4 is 11.6 Å². The van der Waals surface area contributed by atoms with Crippen LogP contribution in [0.4, 0.5) is 5.69 Å². The molecule has 4 rings (SSSR count). The number of rotatable bonds is 4. The Morgan fingerprint density at radius 3 is 2.92 bits per heavy atom. The summed E-state index contributed by atoms with van der Waals surface area (Å²) in [6.07, 6.45) is 6.90. The second-order valence-electron chi connectivity index (χ2n) is 7.52. The van der Waals surface area contributed by atoms with Crippen LogP contribution in [-0.4, -0.2) is 37.9 Å². The highest BCUT2D eigenvalue weighted by Crippen LogP contribution is 2.52. The van der Waals surface area contributed by atoms with Crippen molar-refractivity contribution in [1.29, 1.82) is 0 Å². The Hall–Kier alpha value is -1.59. The Balaban J connectivity index is 1.46. The van der Waals surface area contributed by atoms with Crippen molar-refractivity contribution < 1.29 is 9.47 Å². The number of aliphatic imine (C=N–C) groups is 1. The molecule has 3 N–H and O–H groups in total. The summed E-state index contributed by atoms with van der Waals surface area (Å²) in [6, 6.07) is 6.78. The number of hydrogen-bond acceptors (Lipinski definition) is 3. The number of fused-ring (bicyclic) bond motifs is 1. The standard InChI is InChI=1S/C20H29N3O2/c1-2-25-18-13-17(20(18)8-10-24-11-9-20)23-19(21)22-16-7-6-14-4-3-5-15(14)12-16/h6-7,12,17-18H,2-5,8-11,13H2,1H3,(H3,21,22,23). The molecule has 5 heteroatoms. The van der Waals surface area contributed by atoms with Gasteiger partial charge in [-0.25, -0.2) is 4.99 Å². The molecule has 1 heterocycles. The second kappa shape index (κ2) is 6.96. The van der Waals surface area contributed by atoms with E-state index in [1.165, 1.54) is 30.4 Å². The van der Waals surface area contributed by atoms with Crippen LogP contribution in [0.15, 0.2) is 23.2 Å². The van der Waals surface area contributed by atoms with Crippen molar-refractivity contribution in [2.75, 3.05) is 25.1 Å². The minimum Gasteiger partial charge on any atom is -0.381 e. The summed E-state index contributed by atoms with van der Waals surface area (Å²) in [5, 5.41) is 3.30. The van der Waals surface area contributed by atoms with E-state index in [-0.39, 0.29) is 11.5 Å². The highest BCUT2D eigenvalue weighted by Gasteiger charge is 2.56. The molecule has 1 aliphatic heterocycles. The lowest BCUT2D eigenvalue weighted by Gasteiger charge is -2.55. The maximum absolute atomic E-state index is 6.24. The average Bonchev–Trinajstić information content (AvgIpc) is 3.09. The van der Waals surface area contributed by atoms with Crippen LogP contribution in [0.2, 0.25) is 0 Å². The number of nitrogens with zero attached hydrogens (tertiary/aromatic N) is 1. The lowest BCUT2D eigenvalue weighted by Crippen LogP contribution is -2.60. The molecule has 25 heavy (non-hydrogen) atoms. The number of nitrogens with two attached hydrogens (primary N) is 1. The summed E-state index contributed by atoms with van der Waals surface area (Å²) >= 11 is 0. The zero-order chi connectivity index (χ0) is 17.3. The lowest BCUT2D eigenvalue weighted by molar-refractivity contribution is -0.163. The van der Waals surface area contributed by atoms with Gasteiger partial charge in [0.1, 0.15) is 0 Å². The second-order valence-corrected chi connectivity index (χ2v) is 7.52. The predicted molar refractivity (Wildman–Crippen MR) is 100 cm³/mol. The Kier molecular flexibility index (Phi) is 4.69. The van der Waals surface area contributed by atoms with Gasteiger partial charge in [0.15, 0.2) is 5.96 Å². The van der Waals surface area contributed by atoms with Gasteiger partial charge >= 0.3 is 0 Å². The van der Waals surface area contributed by atoms with Crippen molar-refractivity contribution in [3.63, 3.8) is 0 Å². The van der Waals surface area contributed by atoms with Gasteiger partial charge in [0.05, 0.1) is 12.1 Å². The van der Waals surface area contributed by atoms with Crippen molar-refractivity contribution in [3.8, 4) is 0 Å². The van der Waals surface area contributed by atoms with E-state index >= 15 is 0 Å². The van der Waals surface area contributed by atoms with Crippen LogP contribution >= 0.6 is 0 Å². The summed E-state index contributed by atoms with van der Waals surface area (Å²) in [5.41, 5.74) is 10.3. The van der Waals surface area contributed by atoms with Gasteiger partial charge in [-0.05, 0) is 68.7 Å². The Morgan fingerprint density at radius 2 is 2.12 bits per heavy atom. The van der Waals surface area contributed by atoms with E-state index in [9.17, 15) is 0 Å². The summed E-state index contributed by atoms with van der Waals surface area (Å²) in [7, 11) is 0. The Bertz CT molecular complexity index is 652. The van der Waals surface area contributed by atoms with Crippen LogP contribution < -0.4 is 11.1 Å². The minimum atomic E-state index is 0.110. The highest BCUT2D eigenvalue weighted by atomic mass is 16.5. The third kappa shape index (κ3) is 3.15. The van der Waals surface area contributed by atoms with Gasteiger partial charge in [-0.15, -0.1) is 0 Å². The van der Waals surface area contributed by atoms with Crippen LogP contribution in [0.1, 0.15) is 43.7 Å². The number of hydrogen-bond donors (Lipinski definition) is 2. The van der Waals surface area contributed by atoms with E-state index in [0.717, 1.165) is 44.8 Å². The molecule has 1 aromatic carbocycles. The minimum absolute atomic E-state index is 0.110. The number of guanidine groups is 1. The first-order valence-corrected chi connectivity index (χ1v) is 9.63. The summed E-state index contributed by atoms with van der Waals surface area (Å²) in [5.74, 6) is 0.517. The van der Waals surface area contributed by atoms with Gasteiger partial charge in [-0.2, -0.15) is 0 Å².